The highest BCUT2D eigenvalue weighted by atomic mass is 16.2. The first-order valence-corrected chi connectivity index (χ1v) is 4.47. The Kier molecular flexibility index (Phi) is 3.25. The molecule has 0 aromatic carbocycles. The van der Waals surface area contributed by atoms with E-state index < -0.39 is 0 Å². The van der Waals surface area contributed by atoms with Gasteiger partial charge in [-0.3, -0.25) is 15.0 Å². The summed E-state index contributed by atoms with van der Waals surface area (Å²) in [6.45, 7) is 4.30. The molecule has 5 nitrogen and oxygen atoms in total. The highest BCUT2D eigenvalue weighted by Gasteiger charge is 2.31. The third-order valence-electron chi connectivity index (χ3n) is 2.18. The molecule has 0 aromatic heterocycles. The third kappa shape index (κ3) is 2.42. The Balaban J connectivity index is 2.37. The van der Waals surface area contributed by atoms with Crippen LogP contribution < -0.4 is 16.2 Å². The Morgan fingerprint density at radius 1 is 1.62 bits per heavy atom. The maximum absolute atomic E-state index is 11.2. The van der Waals surface area contributed by atoms with Crippen LogP contribution in [0.25, 0.3) is 0 Å². The molecule has 1 heterocycles. The maximum atomic E-state index is 11.2. The number of hydrogen-bond donors (Lipinski definition) is 3. The second-order valence-electron chi connectivity index (χ2n) is 3.19. The Labute approximate surface area is 77.2 Å². The van der Waals surface area contributed by atoms with Gasteiger partial charge in [-0.2, -0.15) is 0 Å². The Hall–Kier alpha value is -1.10. The Morgan fingerprint density at radius 3 is 2.77 bits per heavy atom. The van der Waals surface area contributed by atoms with Gasteiger partial charge < -0.3 is 5.32 Å². The largest absolute Gasteiger partial charge is 0.356 e. The maximum Gasteiger partial charge on any atom is 0.238 e. The smallest absolute Gasteiger partial charge is 0.238 e. The van der Waals surface area contributed by atoms with Crippen LogP contribution in [0.2, 0.25) is 0 Å². The van der Waals surface area contributed by atoms with Crippen LogP contribution in [0, 0.1) is 5.92 Å². The second-order valence-corrected chi connectivity index (χ2v) is 3.19. The summed E-state index contributed by atoms with van der Waals surface area (Å²) in [5.41, 5.74) is 5.28. The summed E-state index contributed by atoms with van der Waals surface area (Å²) < 4.78 is 0. The van der Waals surface area contributed by atoms with Gasteiger partial charge in [0.25, 0.3) is 0 Å². The molecule has 1 saturated heterocycles. The van der Waals surface area contributed by atoms with Gasteiger partial charge in [-0.1, -0.05) is 6.92 Å². The molecule has 1 aliphatic rings. The standard InChI is InChI=1S/C8H15N3O2/c1-3-9-7(12)4-6-5(2)8(13)11-10-6/h5-6,10H,3-4H2,1-2H3,(H,9,12)(H,11,13). The fourth-order valence-corrected chi connectivity index (χ4v) is 1.28. The highest BCUT2D eigenvalue weighted by Crippen LogP contribution is 2.10. The molecule has 0 spiro atoms. The number of nitrogens with one attached hydrogen (secondary N) is 3. The molecule has 1 rings (SSSR count). The quantitative estimate of drug-likeness (QED) is 0.536. The molecule has 1 aliphatic heterocycles. The lowest BCUT2D eigenvalue weighted by molar-refractivity contribution is -0.122. The molecule has 74 valence electrons. The predicted molar refractivity (Wildman–Crippen MR) is 47.5 cm³/mol. The fraction of sp³-hybridized carbons (Fsp3) is 0.750. The summed E-state index contributed by atoms with van der Waals surface area (Å²) in [6, 6.07) is -0.0842. The summed E-state index contributed by atoms with van der Waals surface area (Å²) in [5, 5.41) is 2.69. The summed E-state index contributed by atoms with van der Waals surface area (Å²) in [6.07, 6.45) is 0.341. The van der Waals surface area contributed by atoms with Crippen molar-refractivity contribution in [2.75, 3.05) is 6.54 Å². The van der Waals surface area contributed by atoms with E-state index in [0.717, 1.165) is 0 Å². The minimum Gasteiger partial charge on any atom is -0.356 e. The van der Waals surface area contributed by atoms with E-state index in [1.165, 1.54) is 0 Å². The molecule has 13 heavy (non-hydrogen) atoms. The number of hydrazine groups is 1. The second kappa shape index (κ2) is 4.23. The first-order chi connectivity index (χ1) is 6.15. The van der Waals surface area contributed by atoms with Crippen molar-refractivity contribution in [3.63, 3.8) is 0 Å². The van der Waals surface area contributed by atoms with Gasteiger partial charge in [0.1, 0.15) is 0 Å². The lowest BCUT2D eigenvalue weighted by Gasteiger charge is -2.11. The van der Waals surface area contributed by atoms with Gasteiger partial charge in [-0.15, -0.1) is 0 Å². The van der Waals surface area contributed by atoms with Crippen LogP contribution in [0.5, 0.6) is 0 Å². The molecule has 0 aromatic rings. The molecule has 0 bridgehead atoms. The summed E-state index contributed by atoms with van der Waals surface area (Å²) in [4.78, 5) is 22.2. The minimum absolute atomic E-state index is 0.0247. The monoisotopic (exact) mass is 185 g/mol. The van der Waals surface area contributed by atoms with E-state index in [9.17, 15) is 9.59 Å². The van der Waals surface area contributed by atoms with E-state index in [2.05, 4.69) is 16.2 Å². The van der Waals surface area contributed by atoms with Crippen molar-refractivity contribution in [1.29, 1.82) is 0 Å². The van der Waals surface area contributed by atoms with Gasteiger partial charge in [0.05, 0.1) is 5.92 Å². The average molecular weight is 185 g/mol. The van der Waals surface area contributed by atoms with Gasteiger partial charge in [0, 0.05) is 19.0 Å². The highest BCUT2D eigenvalue weighted by molar-refractivity contribution is 5.83. The minimum atomic E-state index is -0.136. The average Bonchev–Trinajstić information content (AvgIpc) is 2.37. The molecule has 0 radical (unpaired) electrons. The Bertz CT molecular complexity index is 217. The molecular weight excluding hydrogens is 170 g/mol. The summed E-state index contributed by atoms with van der Waals surface area (Å²) >= 11 is 0. The van der Waals surface area contributed by atoms with Crippen molar-refractivity contribution in [2.24, 2.45) is 5.92 Å². The molecular formula is C8H15N3O2. The van der Waals surface area contributed by atoms with Crippen LogP contribution >= 0.6 is 0 Å². The van der Waals surface area contributed by atoms with E-state index in [0.29, 0.717) is 13.0 Å². The van der Waals surface area contributed by atoms with E-state index >= 15 is 0 Å². The van der Waals surface area contributed by atoms with Gasteiger partial charge in [-0.25, -0.2) is 5.43 Å². The fourth-order valence-electron chi connectivity index (χ4n) is 1.28. The molecule has 2 atom stereocenters. The topological polar surface area (TPSA) is 70.2 Å². The van der Waals surface area contributed by atoms with Crippen molar-refractivity contribution in [1.82, 2.24) is 16.2 Å². The van der Waals surface area contributed by atoms with Crippen molar-refractivity contribution in [2.45, 2.75) is 26.3 Å². The van der Waals surface area contributed by atoms with Gasteiger partial charge >= 0.3 is 0 Å². The lowest BCUT2D eigenvalue weighted by Crippen LogP contribution is -2.36. The lowest BCUT2D eigenvalue weighted by atomic mass is 10.0. The molecule has 5 heteroatoms. The van der Waals surface area contributed by atoms with Crippen LogP contribution in [0.4, 0.5) is 0 Å². The van der Waals surface area contributed by atoms with E-state index in [1.807, 2.05) is 6.92 Å². The van der Waals surface area contributed by atoms with Crippen molar-refractivity contribution in [3.05, 3.63) is 0 Å². The van der Waals surface area contributed by atoms with Crippen LogP contribution in [-0.2, 0) is 9.59 Å². The van der Waals surface area contributed by atoms with Gasteiger partial charge in [0.15, 0.2) is 0 Å². The van der Waals surface area contributed by atoms with Crippen LogP contribution in [0.3, 0.4) is 0 Å². The SMILES string of the molecule is CCNC(=O)CC1NNC(=O)C1C. The van der Waals surface area contributed by atoms with Gasteiger partial charge in [0.2, 0.25) is 11.8 Å². The number of carbonyl (C=O) groups excluding carboxylic acids is 2. The normalized spacial score (nSPS) is 27.1. The van der Waals surface area contributed by atoms with Crippen molar-refractivity contribution < 1.29 is 9.59 Å². The Morgan fingerprint density at radius 2 is 2.31 bits per heavy atom. The number of amides is 2. The predicted octanol–water partition coefficient (Wildman–Crippen LogP) is -0.848. The molecule has 3 N–H and O–H groups in total. The third-order valence-corrected chi connectivity index (χ3v) is 2.18. The van der Waals surface area contributed by atoms with Crippen LogP contribution in [0.15, 0.2) is 0 Å². The van der Waals surface area contributed by atoms with Crippen molar-refractivity contribution in [3.8, 4) is 0 Å². The van der Waals surface area contributed by atoms with Gasteiger partial charge in [-0.05, 0) is 6.92 Å². The zero-order chi connectivity index (χ0) is 9.84. The molecule has 0 aliphatic carbocycles. The molecule has 2 amide bonds. The molecule has 0 saturated carbocycles. The van der Waals surface area contributed by atoms with E-state index in [1.54, 1.807) is 6.92 Å². The first kappa shape index (κ1) is 9.98. The summed E-state index contributed by atoms with van der Waals surface area (Å²) in [7, 11) is 0. The van der Waals surface area contributed by atoms with E-state index in [4.69, 9.17) is 0 Å². The zero-order valence-electron chi connectivity index (χ0n) is 7.89. The number of hydrogen-bond acceptors (Lipinski definition) is 3. The number of carbonyl (C=O) groups is 2. The van der Waals surface area contributed by atoms with Crippen LogP contribution in [-0.4, -0.2) is 24.4 Å². The van der Waals surface area contributed by atoms with E-state index in [-0.39, 0.29) is 23.8 Å². The zero-order valence-corrected chi connectivity index (χ0v) is 7.89. The number of rotatable bonds is 3. The first-order valence-electron chi connectivity index (χ1n) is 4.47. The molecule has 2 unspecified atom stereocenters. The molecule has 1 fully saturated rings. The van der Waals surface area contributed by atoms with Crippen LogP contribution in [0.1, 0.15) is 20.3 Å². The summed E-state index contributed by atoms with van der Waals surface area (Å²) in [5.74, 6) is -0.208. The van der Waals surface area contributed by atoms with Crippen molar-refractivity contribution >= 4 is 11.8 Å².